The Balaban J connectivity index is 2.52. The van der Waals surface area contributed by atoms with E-state index in [4.69, 9.17) is 4.74 Å². The second-order valence-corrected chi connectivity index (χ2v) is 4.37. The number of anilines is 1. The summed E-state index contributed by atoms with van der Waals surface area (Å²) in [4.78, 5) is 25.1. The molecule has 0 aromatic heterocycles. The smallest absolute Gasteiger partial charge is 0.299 e. The van der Waals surface area contributed by atoms with Crippen LogP contribution in [0.1, 0.15) is 24.2 Å². The predicted octanol–water partition coefficient (Wildman–Crippen LogP) is 0.994. The van der Waals surface area contributed by atoms with E-state index in [1.807, 2.05) is 0 Å². The number of rotatable bonds is 3. The van der Waals surface area contributed by atoms with E-state index < -0.39 is 23.8 Å². The molecule has 0 fully saturated rings. The molecule has 1 aromatic rings. The first-order valence-electron chi connectivity index (χ1n) is 5.71. The molecule has 1 aromatic carbocycles. The van der Waals surface area contributed by atoms with Gasteiger partial charge in [-0.15, -0.1) is 0 Å². The quantitative estimate of drug-likeness (QED) is 0.811. The summed E-state index contributed by atoms with van der Waals surface area (Å²) in [6.45, 7) is 3.28. The number of hydrogen-bond acceptors (Lipinski definition) is 4. The summed E-state index contributed by atoms with van der Waals surface area (Å²) in [5, 5.41) is 9.60. The van der Waals surface area contributed by atoms with E-state index in [9.17, 15) is 14.7 Å². The number of Topliss-reactive ketones (excluding diaryl/α,β-unsaturated/α-hetero) is 1. The summed E-state index contributed by atoms with van der Waals surface area (Å²) in [7, 11) is 1.52. The first-order chi connectivity index (χ1) is 8.47. The summed E-state index contributed by atoms with van der Waals surface area (Å²) in [5.74, 6) is -0.578. The SMILES string of the molecule is COc1ccc2c(c1)N(C(C)C(C)O)C(=O)C2=O. The normalized spacial score (nSPS) is 17.7. The minimum absolute atomic E-state index is 0.355. The van der Waals surface area contributed by atoms with Crippen molar-refractivity contribution in [2.24, 2.45) is 0 Å². The van der Waals surface area contributed by atoms with Gasteiger partial charge >= 0.3 is 0 Å². The van der Waals surface area contributed by atoms with Crippen LogP contribution >= 0.6 is 0 Å². The predicted molar refractivity (Wildman–Crippen MR) is 66.0 cm³/mol. The largest absolute Gasteiger partial charge is 0.497 e. The number of methoxy groups -OCH3 is 1. The third kappa shape index (κ3) is 1.76. The molecule has 0 bridgehead atoms. The van der Waals surface area contributed by atoms with E-state index in [1.54, 1.807) is 32.0 Å². The Labute approximate surface area is 105 Å². The fraction of sp³-hybridized carbons (Fsp3) is 0.385. The molecule has 5 nitrogen and oxygen atoms in total. The lowest BCUT2D eigenvalue weighted by Crippen LogP contribution is -2.43. The average molecular weight is 249 g/mol. The molecule has 2 rings (SSSR count). The van der Waals surface area contributed by atoms with E-state index in [0.29, 0.717) is 17.0 Å². The number of amides is 1. The maximum Gasteiger partial charge on any atom is 0.299 e. The summed E-state index contributed by atoms with van der Waals surface area (Å²) < 4.78 is 5.09. The number of benzene rings is 1. The number of hydrogen-bond donors (Lipinski definition) is 1. The van der Waals surface area contributed by atoms with Gasteiger partial charge in [0.25, 0.3) is 11.7 Å². The molecule has 0 saturated carbocycles. The molecule has 1 N–H and O–H groups in total. The van der Waals surface area contributed by atoms with Crippen molar-refractivity contribution < 1.29 is 19.4 Å². The highest BCUT2D eigenvalue weighted by Gasteiger charge is 2.39. The Kier molecular flexibility index (Phi) is 3.09. The number of fused-ring (bicyclic) bond motifs is 1. The second kappa shape index (κ2) is 4.42. The number of aliphatic hydroxyl groups is 1. The molecule has 2 atom stereocenters. The van der Waals surface area contributed by atoms with Crippen LogP contribution in [0.15, 0.2) is 18.2 Å². The van der Waals surface area contributed by atoms with E-state index in [-0.39, 0.29) is 0 Å². The minimum Gasteiger partial charge on any atom is -0.497 e. The molecule has 0 radical (unpaired) electrons. The molecule has 1 amide bonds. The van der Waals surface area contributed by atoms with Crippen LogP contribution in [0.4, 0.5) is 5.69 Å². The maximum atomic E-state index is 11.9. The second-order valence-electron chi connectivity index (χ2n) is 4.37. The fourth-order valence-corrected chi connectivity index (χ4v) is 1.98. The van der Waals surface area contributed by atoms with E-state index in [1.165, 1.54) is 12.0 Å². The molecule has 5 heteroatoms. The van der Waals surface area contributed by atoms with Gasteiger partial charge in [-0.3, -0.25) is 14.5 Å². The van der Waals surface area contributed by atoms with Gasteiger partial charge in [0.05, 0.1) is 30.5 Å². The van der Waals surface area contributed by atoms with Gasteiger partial charge in [0, 0.05) is 6.07 Å². The average Bonchev–Trinajstić information content (AvgIpc) is 2.60. The number of aliphatic hydroxyl groups excluding tert-OH is 1. The molecule has 1 aliphatic heterocycles. The number of ether oxygens (including phenoxy) is 1. The number of carbonyl (C=O) groups is 2. The zero-order valence-corrected chi connectivity index (χ0v) is 10.5. The first kappa shape index (κ1) is 12.6. The Hall–Kier alpha value is -1.88. The van der Waals surface area contributed by atoms with Crippen molar-refractivity contribution >= 4 is 17.4 Å². The van der Waals surface area contributed by atoms with Crippen molar-refractivity contribution in [2.45, 2.75) is 26.0 Å². The molecule has 1 aliphatic rings. The molecule has 18 heavy (non-hydrogen) atoms. The van der Waals surface area contributed by atoms with Crippen molar-refractivity contribution in [1.82, 2.24) is 0 Å². The van der Waals surface area contributed by atoms with Gasteiger partial charge in [-0.2, -0.15) is 0 Å². The Morgan fingerprint density at radius 3 is 2.50 bits per heavy atom. The van der Waals surface area contributed by atoms with Gasteiger partial charge < -0.3 is 9.84 Å². The molecule has 1 heterocycles. The molecule has 96 valence electrons. The van der Waals surface area contributed by atoms with Crippen LogP contribution in [-0.4, -0.2) is 36.1 Å². The van der Waals surface area contributed by atoms with Gasteiger partial charge in [0.2, 0.25) is 0 Å². The van der Waals surface area contributed by atoms with E-state index in [2.05, 4.69) is 0 Å². The number of ketones is 1. The lowest BCUT2D eigenvalue weighted by molar-refractivity contribution is -0.115. The standard InChI is InChI=1S/C13H15NO4/c1-7(8(2)15)14-11-6-9(18-3)4-5-10(11)12(16)13(14)17/h4-8,15H,1-3H3. The maximum absolute atomic E-state index is 11.9. The molecule has 0 spiro atoms. The van der Waals surface area contributed by atoms with Gasteiger partial charge in [-0.05, 0) is 26.0 Å². The first-order valence-corrected chi connectivity index (χ1v) is 5.71. The third-order valence-electron chi connectivity index (χ3n) is 3.23. The van der Waals surface area contributed by atoms with Gasteiger partial charge in [0.1, 0.15) is 5.75 Å². The summed E-state index contributed by atoms with van der Waals surface area (Å²) in [6.07, 6.45) is -0.723. The third-order valence-corrected chi connectivity index (χ3v) is 3.23. The van der Waals surface area contributed by atoms with Crippen LogP contribution in [0.3, 0.4) is 0 Å². The zero-order chi connectivity index (χ0) is 13.4. The molecular formula is C13H15NO4. The Morgan fingerprint density at radius 1 is 1.28 bits per heavy atom. The highest BCUT2D eigenvalue weighted by Crippen LogP contribution is 2.34. The van der Waals surface area contributed by atoms with Crippen molar-refractivity contribution in [1.29, 1.82) is 0 Å². The van der Waals surface area contributed by atoms with Crippen LogP contribution in [0.25, 0.3) is 0 Å². The highest BCUT2D eigenvalue weighted by molar-refractivity contribution is 6.52. The number of carbonyl (C=O) groups excluding carboxylic acids is 2. The van der Waals surface area contributed by atoms with Crippen molar-refractivity contribution in [3.05, 3.63) is 23.8 Å². The minimum atomic E-state index is -0.723. The van der Waals surface area contributed by atoms with Crippen molar-refractivity contribution in [3.63, 3.8) is 0 Å². The van der Waals surface area contributed by atoms with Crippen LogP contribution < -0.4 is 9.64 Å². The van der Waals surface area contributed by atoms with Crippen LogP contribution in [0, 0.1) is 0 Å². The summed E-state index contributed by atoms with van der Waals surface area (Å²) in [6, 6.07) is 4.38. The van der Waals surface area contributed by atoms with Crippen LogP contribution in [0.2, 0.25) is 0 Å². The molecule has 2 unspecified atom stereocenters. The topological polar surface area (TPSA) is 66.8 Å². The Bertz CT molecular complexity index is 510. The monoisotopic (exact) mass is 249 g/mol. The van der Waals surface area contributed by atoms with Gasteiger partial charge in [-0.1, -0.05) is 0 Å². The van der Waals surface area contributed by atoms with Crippen LogP contribution in [0.5, 0.6) is 5.75 Å². The van der Waals surface area contributed by atoms with E-state index >= 15 is 0 Å². The van der Waals surface area contributed by atoms with Crippen molar-refractivity contribution in [2.75, 3.05) is 12.0 Å². The van der Waals surface area contributed by atoms with Crippen LogP contribution in [-0.2, 0) is 4.79 Å². The molecular weight excluding hydrogens is 234 g/mol. The lowest BCUT2D eigenvalue weighted by Gasteiger charge is -2.26. The van der Waals surface area contributed by atoms with Gasteiger partial charge in [0.15, 0.2) is 0 Å². The summed E-state index contributed by atoms with van der Waals surface area (Å²) in [5.41, 5.74) is 0.853. The molecule has 0 saturated heterocycles. The van der Waals surface area contributed by atoms with Gasteiger partial charge in [-0.25, -0.2) is 0 Å². The number of nitrogens with zero attached hydrogens (tertiary/aromatic N) is 1. The lowest BCUT2D eigenvalue weighted by atomic mass is 10.1. The fourth-order valence-electron chi connectivity index (χ4n) is 1.98. The summed E-state index contributed by atoms with van der Waals surface area (Å²) >= 11 is 0. The zero-order valence-electron chi connectivity index (χ0n) is 10.5. The highest BCUT2D eigenvalue weighted by atomic mass is 16.5. The Morgan fingerprint density at radius 2 is 1.94 bits per heavy atom. The molecule has 0 aliphatic carbocycles. The van der Waals surface area contributed by atoms with Crippen molar-refractivity contribution in [3.8, 4) is 5.75 Å². The van der Waals surface area contributed by atoms with E-state index in [0.717, 1.165) is 0 Å².